The molecule has 0 aliphatic heterocycles. The number of nitrogens with two attached hydrogens (primary N) is 1. The fraction of sp³-hybridized carbons (Fsp3) is 0.261. The molecular formula is C23H27N5O3. The van der Waals surface area contributed by atoms with E-state index in [1.54, 1.807) is 24.3 Å². The molecule has 0 aliphatic carbocycles. The first-order valence-electron chi connectivity index (χ1n) is 10.0. The highest BCUT2D eigenvalue weighted by molar-refractivity contribution is 5.95. The molecule has 0 unspecified atom stereocenters. The summed E-state index contributed by atoms with van der Waals surface area (Å²) in [6.45, 7) is 2.36. The zero-order valence-electron chi connectivity index (χ0n) is 17.7. The molecule has 31 heavy (non-hydrogen) atoms. The van der Waals surface area contributed by atoms with E-state index in [0.717, 1.165) is 19.5 Å². The van der Waals surface area contributed by atoms with Crippen LogP contribution in [0.4, 0.5) is 5.82 Å². The fourth-order valence-corrected chi connectivity index (χ4v) is 3.21. The van der Waals surface area contributed by atoms with Crippen molar-refractivity contribution >= 4 is 17.7 Å². The van der Waals surface area contributed by atoms with Gasteiger partial charge in [0.15, 0.2) is 0 Å². The largest absolute Gasteiger partial charge is 0.465 e. The van der Waals surface area contributed by atoms with Gasteiger partial charge in [0.2, 0.25) is 0 Å². The lowest BCUT2D eigenvalue weighted by molar-refractivity contribution is 0.0601. The molecule has 0 saturated heterocycles. The summed E-state index contributed by atoms with van der Waals surface area (Å²) >= 11 is 0. The zero-order chi connectivity index (χ0) is 22.2. The molecule has 3 aromatic rings. The normalized spacial score (nSPS) is 10.8. The van der Waals surface area contributed by atoms with Crippen molar-refractivity contribution < 1.29 is 14.3 Å². The molecule has 0 atom stereocenters. The van der Waals surface area contributed by atoms with Crippen LogP contribution >= 0.6 is 0 Å². The van der Waals surface area contributed by atoms with E-state index in [0.29, 0.717) is 17.8 Å². The number of carbonyl (C=O) groups excluding carboxylic acids is 2. The lowest BCUT2D eigenvalue weighted by Gasteiger charge is -2.16. The summed E-state index contributed by atoms with van der Waals surface area (Å²) in [6.07, 6.45) is 2.21. The molecular weight excluding hydrogens is 394 g/mol. The van der Waals surface area contributed by atoms with Crippen molar-refractivity contribution in [2.75, 3.05) is 33.0 Å². The third-order valence-corrected chi connectivity index (χ3v) is 4.88. The number of nitrogens with one attached hydrogen (secondary N) is 1. The van der Waals surface area contributed by atoms with Gasteiger partial charge in [-0.3, -0.25) is 4.79 Å². The molecule has 0 bridgehead atoms. The third-order valence-electron chi connectivity index (χ3n) is 4.88. The smallest absolute Gasteiger partial charge is 0.343 e. The number of nitrogen functional groups attached to an aromatic ring is 1. The molecule has 1 heterocycles. The lowest BCUT2D eigenvalue weighted by Crippen LogP contribution is -2.28. The highest BCUT2D eigenvalue weighted by atomic mass is 16.5. The van der Waals surface area contributed by atoms with E-state index in [4.69, 9.17) is 5.73 Å². The molecule has 8 heteroatoms. The van der Waals surface area contributed by atoms with Gasteiger partial charge in [-0.25, -0.2) is 9.48 Å². The van der Waals surface area contributed by atoms with Crippen LogP contribution in [0.5, 0.6) is 0 Å². The number of ether oxygens (including phenoxy) is 1. The maximum Gasteiger partial charge on any atom is 0.343 e. The van der Waals surface area contributed by atoms with Crippen LogP contribution in [0.1, 0.15) is 32.7 Å². The van der Waals surface area contributed by atoms with Crippen molar-refractivity contribution in [3.8, 4) is 5.69 Å². The topological polar surface area (TPSA) is 102 Å². The number of carbonyl (C=O) groups is 2. The van der Waals surface area contributed by atoms with E-state index in [1.165, 1.54) is 23.6 Å². The molecule has 8 nitrogen and oxygen atoms in total. The van der Waals surface area contributed by atoms with Gasteiger partial charge in [-0.15, -0.1) is 0 Å². The molecule has 0 radical (unpaired) electrons. The van der Waals surface area contributed by atoms with Crippen LogP contribution in [0.3, 0.4) is 0 Å². The molecule has 0 fully saturated rings. The minimum Gasteiger partial charge on any atom is -0.465 e. The number of anilines is 1. The number of rotatable bonds is 9. The van der Waals surface area contributed by atoms with Crippen LogP contribution in [0.2, 0.25) is 0 Å². The first-order valence-corrected chi connectivity index (χ1v) is 10.0. The van der Waals surface area contributed by atoms with Gasteiger partial charge >= 0.3 is 5.97 Å². The van der Waals surface area contributed by atoms with Gasteiger partial charge in [0.05, 0.1) is 19.0 Å². The van der Waals surface area contributed by atoms with Crippen LogP contribution < -0.4 is 11.1 Å². The lowest BCUT2D eigenvalue weighted by atomic mass is 10.2. The second kappa shape index (κ2) is 10.4. The Morgan fingerprint density at radius 1 is 1.13 bits per heavy atom. The summed E-state index contributed by atoms with van der Waals surface area (Å²) in [5.74, 6) is -0.501. The number of hydrogen-bond acceptors (Lipinski definition) is 6. The van der Waals surface area contributed by atoms with Gasteiger partial charge in [0, 0.05) is 18.7 Å². The predicted molar refractivity (Wildman–Crippen MR) is 119 cm³/mol. The zero-order valence-corrected chi connectivity index (χ0v) is 17.7. The maximum atomic E-state index is 12.4. The first-order chi connectivity index (χ1) is 15.0. The van der Waals surface area contributed by atoms with Gasteiger partial charge in [0.1, 0.15) is 11.4 Å². The number of aromatic nitrogens is 2. The van der Waals surface area contributed by atoms with Gasteiger partial charge < -0.3 is 20.7 Å². The Hall–Kier alpha value is -3.65. The molecule has 0 aliphatic rings. The van der Waals surface area contributed by atoms with Crippen LogP contribution in [0.25, 0.3) is 5.69 Å². The second-order valence-corrected chi connectivity index (χ2v) is 7.23. The minimum atomic E-state index is -0.547. The Morgan fingerprint density at radius 3 is 2.52 bits per heavy atom. The third kappa shape index (κ3) is 5.70. The summed E-state index contributed by atoms with van der Waals surface area (Å²) in [7, 11) is 3.36. The van der Waals surface area contributed by atoms with Crippen LogP contribution in [-0.2, 0) is 11.3 Å². The SMILES string of the molecule is COC(=O)c1cnn(-c2ccc(C(=O)NCCCN(C)Cc3ccccc3)cc2)c1N. The molecule has 0 spiro atoms. The summed E-state index contributed by atoms with van der Waals surface area (Å²) in [5.41, 5.74) is 8.63. The van der Waals surface area contributed by atoms with Crippen molar-refractivity contribution in [2.45, 2.75) is 13.0 Å². The van der Waals surface area contributed by atoms with Gasteiger partial charge in [-0.2, -0.15) is 5.10 Å². The van der Waals surface area contributed by atoms with Crippen LogP contribution in [0, 0.1) is 0 Å². The highest BCUT2D eigenvalue weighted by Gasteiger charge is 2.16. The molecule has 3 rings (SSSR count). The fourth-order valence-electron chi connectivity index (χ4n) is 3.21. The van der Waals surface area contributed by atoms with E-state index in [-0.39, 0.29) is 17.3 Å². The van der Waals surface area contributed by atoms with E-state index >= 15 is 0 Å². The Bertz CT molecular complexity index is 1020. The van der Waals surface area contributed by atoms with Gasteiger partial charge in [0.25, 0.3) is 5.91 Å². The number of amides is 1. The summed E-state index contributed by atoms with van der Waals surface area (Å²) in [4.78, 5) is 26.3. The van der Waals surface area contributed by atoms with E-state index in [9.17, 15) is 9.59 Å². The molecule has 3 N–H and O–H groups in total. The number of benzene rings is 2. The summed E-state index contributed by atoms with van der Waals surface area (Å²) < 4.78 is 6.11. The number of methoxy groups -OCH3 is 1. The number of hydrogen-bond donors (Lipinski definition) is 2. The van der Waals surface area contributed by atoms with Gasteiger partial charge in [-0.1, -0.05) is 30.3 Å². The van der Waals surface area contributed by atoms with Crippen molar-refractivity contribution in [1.82, 2.24) is 20.0 Å². The van der Waals surface area contributed by atoms with E-state index in [1.807, 2.05) is 18.2 Å². The Kier molecular flexibility index (Phi) is 7.40. The van der Waals surface area contributed by atoms with Crippen LogP contribution in [-0.4, -0.2) is 53.8 Å². The molecule has 1 amide bonds. The number of nitrogens with zero attached hydrogens (tertiary/aromatic N) is 3. The first kappa shape index (κ1) is 22.0. The van der Waals surface area contributed by atoms with Crippen LogP contribution in [0.15, 0.2) is 60.8 Å². The second-order valence-electron chi connectivity index (χ2n) is 7.23. The van der Waals surface area contributed by atoms with E-state index in [2.05, 4.69) is 39.2 Å². The molecule has 1 aromatic heterocycles. The Morgan fingerprint density at radius 2 is 1.84 bits per heavy atom. The minimum absolute atomic E-state index is 0.138. The van der Waals surface area contributed by atoms with Crippen molar-refractivity contribution in [2.24, 2.45) is 0 Å². The Labute approximate surface area is 181 Å². The summed E-state index contributed by atoms with van der Waals surface area (Å²) in [5, 5.41) is 7.06. The average molecular weight is 422 g/mol. The standard InChI is InChI=1S/C23H27N5O3/c1-27(16-17-7-4-3-5-8-17)14-6-13-25-22(29)18-9-11-19(12-10-18)28-21(24)20(15-26-28)23(30)31-2/h3-5,7-12,15H,6,13-14,16,24H2,1-2H3,(H,25,29). The monoisotopic (exact) mass is 421 g/mol. The van der Waals surface area contributed by atoms with E-state index < -0.39 is 5.97 Å². The number of esters is 1. The maximum absolute atomic E-state index is 12.4. The quantitative estimate of drug-likeness (QED) is 0.407. The van der Waals surface area contributed by atoms with Gasteiger partial charge in [-0.05, 0) is 49.8 Å². The molecule has 2 aromatic carbocycles. The average Bonchev–Trinajstić information content (AvgIpc) is 3.18. The van der Waals surface area contributed by atoms with Crippen molar-refractivity contribution in [3.05, 3.63) is 77.5 Å². The summed E-state index contributed by atoms with van der Waals surface area (Å²) in [6, 6.07) is 17.1. The molecule has 0 saturated carbocycles. The Balaban J connectivity index is 1.48. The highest BCUT2D eigenvalue weighted by Crippen LogP contribution is 2.18. The predicted octanol–water partition coefficient (Wildman–Crippen LogP) is 2.49. The van der Waals surface area contributed by atoms with Crippen molar-refractivity contribution in [1.29, 1.82) is 0 Å². The molecule has 162 valence electrons. The van der Waals surface area contributed by atoms with Crippen molar-refractivity contribution in [3.63, 3.8) is 0 Å².